The lowest BCUT2D eigenvalue weighted by Crippen LogP contribution is -2.27. The van der Waals surface area contributed by atoms with E-state index in [-0.39, 0.29) is 0 Å². The normalized spacial score (nSPS) is 32.8. The summed E-state index contributed by atoms with van der Waals surface area (Å²) in [6.45, 7) is 3.35. The lowest BCUT2D eigenvalue weighted by molar-refractivity contribution is 0.295. The molecule has 2 unspecified atom stereocenters. The summed E-state index contributed by atoms with van der Waals surface area (Å²) in [6.07, 6.45) is 8.74. The zero-order chi connectivity index (χ0) is 12.4. The smallest absolute Gasteiger partial charge is 0.243 e. The Morgan fingerprint density at radius 1 is 1.28 bits per heavy atom. The largest absolute Gasteiger partial charge is 0.338 e. The SMILES string of the molecule is CCC1CCC(c2noc([C@H]3CCCCN3)n2)C1. The van der Waals surface area contributed by atoms with Crippen LogP contribution in [0.3, 0.4) is 0 Å². The fourth-order valence-electron chi connectivity index (χ4n) is 3.30. The molecule has 2 heterocycles. The van der Waals surface area contributed by atoms with Gasteiger partial charge in [-0.25, -0.2) is 0 Å². The van der Waals surface area contributed by atoms with Crippen LogP contribution in [0.15, 0.2) is 4.52 Å². The summed E-state index contributed by atoms with van der Waals surface area (Å²) < 4.78 is 5.46. The van der Waals surface area contributed by atoms with Gasteiger partial charge in [-0.05, 0) is 44.6 Å². The molecule has 2 aliphatic rings. The van der Waals surface area contributed by atoms with Gasteiger partial charge in [-0.15, -0.1) is 0 Å². The molecule has 0 spiro atoms. The molecule has 4 nitrogen and oxygen atoms in total. The van der Waals surface area contributed by atoms with E-state index < -0.39 is 0 Å². The van der Waals surface area contributed by atoms with Gasteiger partial charge in [0.1, 0.15) is 0 Å². The van der Waals surface area contributed by atoms with Crippen molar-refractivity contribution >= 4 is 0 Å². The van der Waals surface area contributed by atoms with Crippen LogP contribution in [0.2, 0.25) is 0 Å². The maximum atomic E-state index is 5.46. The maximum Gasteiger partial charge on any atom is 0.243 e. The molecule has 0 radical (unpaired) electrons. The van der Waals surface area contributed by atoms with E-state index in [0.717, 1.165) is 30.6 Å². The van der Waals surface area contributed by atoms with Crippen LogP contribution in [-0.4, -0.2) is 16.7 Å². The Kier molecular flexibility index (Phi) is 3.64. The average molecular weight is 249 g/mol. The Labute approximate surface area is 109 Å². The first-order valence-corrected chi connectivity index (χ1v) is 7.43. The predicted molar refractivity (Wildman–Crippen MR) is 69.3 cm³/mol. The van der Waals surface area contributed by atoms with Crippen molar-refractivity contribution in [3.63, 3.8) is 0 Å². The Bertz CT molecular complexity index is 384. The summed E-state index contributed by atoms with van der Waals surface area (Å²) in [5.74, 6) is 3.17. The van der Waals surface area contributed by atoms with Crippen molar-refractivity contribution in [3.05, 3.63) is 11.7 Å². The third-order valence-electron chi connectivity index (χ3n) is 4.55. The van der Waals surface area contributed by atoms with Gasteiger partial charge in [0.05, 0.1) is 6.04 Å². The summed E-state index contributed by atoms with van der Waals surface area (Å²) in [6, 6.07) is 0.295. The van der Waals surface area contributed by atoms with Crippen molar-refractivity contribution in [3.8, 4) is 0 Å². The minimum absolute atomic E-state index is 0.295. The molecule has 18 heavy (non-hydrogen) atoms. The quantitative estimate of drug-likeness (QED) is 0.894. The van der Waals surface area contributed by atoms with E-state index in [2.05, 4.69) is 22.4 Å². The highest BCUT2D eigenvalue weighted by molar-refractivity contribution is 5.02. The van der Waals surface area contributed by atoms with Crippen molar-refractivity contribution in [2.45, 2.75) is 63.8 Å². The van der Waals surface area contributed by atoms with Gasteiger partial charge in [-0.1, -0.05) is 24.9 Å². The summed E-state index contributed by atoms with van der Waals surface area (Å²) in [5, 5.41) is 7.68. The molecule has 3 rings (SSSR count). The second-order valence-corrected chi connectivity index (χ2v) is 5.78. The molecule has 1 aromatic heterocycles. The van der Waals surface area contributed by atoms with Gasteiger partial charge < -0.3 is 9.84 Å². The highest BCUT2D eigenvalue weighted by atomic mass is 16.5. The van der Waals surface area contributed by atoms with E-state index in [1.807, 2.05) is 0 Å². The van der Waals surface area contributed by atoms with Crippen molar-refractivity contribution in [2.24, 2.45) is 5.92 Å². The molecule has 2 fully saturated rings. The highest BCUT2D eigenvalue weighted by Crippen LogP contribution is 2.38. The van der Waals surface area contributed by atoms with Crippen LogP contribution in [0, 0.1) is 5.92 Å². The van der Waals surface area contributed by atoms with Crippen LogP contribution in [0.5, 0.6) is 0 Å². The zero-order valence-corrected chi connectivity index (χ0v) is 11.2. The van der Waals surface area contributed by atoms with E-state index in [0.29, 0.717) is 12.0 Å². The number of hydrogen-bond acceptors (Lipinski definition) is 4. The topological polar surface area (TPSA) is 51.0 Å². The highest BCUT2D eigenvalue weighted by Gasteiger charge is 2.29. The monoisotopic (exact) mass is 249 g/mol. The standard InChI is InChI=1S/C14H23N3O/c1-2-10-6-7-11(9-10)13-16-14(18-17-13)12-5-3-4-8-15-12/h10-12,15H,2-9H2,1H3/t10?,11?,12-/m1/s1. The van der Waals surface area contributed by atoms with Gasteiger partial charge in [0.15, 0.2) is 5.82 Å². The first-order valence-electron chi connectivity index (χ1n) is 7.43. The van der Waals surface area contributed by atoms with Gasteiger partial charge in [-0.3, -0.25) is 0 Å². The Morgan fingerprint density at radius 2 is 2.22 bits per heavy atom. The molecule has 1 aliphatic carbocycles. The number of aromatic nitrogens is 2. The molecule has 1 aromatic rings. The van der Waals surface area contributed by atoms with Crippen LogP contribution in [0.1, 0.15) is 75.5 Å². The Morgan fingerprint density at radius 3 is 2.94 bits per heavy atom. The van der Waals surface area contributed by atoms with Crippen LogP contribution >= 0.6 is 0 Å². The predicted octanol–water partition coefficient (Wildman–Crippen LogP) is 3.18. The molecule has 0 bridgehead atoms. The molecule has 0 amide bonds. The van der Waals surface area contributed by atoms with E-state index in [1.54, 1.807) is 0 Å². The van der Waals surface area contributed by atoms with Crippen LogP contribution < -0.4 is 5.32 Å². The molecule has 1 aliphatic heterocycles. The lowest BCUT2D eigenvalue weighted by Gasteiger charge is -2.19. The molecule has 1 saturated carbocycles. The number of nitrogens with one attached hydrogen (secondary N) is 1. The van der Waals surface area contributed by atoms with Crippen LogP contribution in [-0.2, 0) is 0 Å². The lowest BCUT2D eigenvalue weighted by atomic mass is 10.0. The van der Waals surface area contributed by atoms with E-state index >= 15 is 0 Å². The minimum atomic E-state index is 0.295. The van der Waals surface area contributed by atoms with Gasteiger partial charge in [0.25, 0.3) is 0 Å². The molecule has 3 atom stereocenters. The summed E-state index contributed by atoms with van der Waals surface area (Å²) >= 11 is 0. The number of nitrogens with zero attached hydrogens (tertiary/aromatic N) is 2. The van der Waals surface area contributed by atoms with Crippen molar-refractivity contribution in [2.75, 3.05) is 6.54 Å². The van der Waals surface area contributed by atoms with Crippen molar-refractivity contribution < 1.29 is 4.52 Å². The molecular weight excluding hydrogens is 226 g/mol. The number of hydrogen-bond donors (Lipinski definition) is 1. The second kappa shape index (κ2) is 5.39. The Balaban J connectivity index is 1.66. The fourth-order valence-corrected chi connectivity index (χ4v) is 3.30. The van der Waals surface area contributed by atoms with E-state index in [4.69, 9.17) is 4.52 Å². The summed E-state index contributed by atoms with van der Waals surface area (Å²) in [5.41, 5.74) is 0. The van der Waals surface area contributed by atoms with Gasteiger partial charge in [-0.2, -0.15) is 4.98 Å². The molecule has 100 valence electrons. The molecule has 1 saturated heterocycles. The van der Waals surface area contributed by atoms with E-state index in [1.165, 1.54) is 38.5 Å². The molecular formula is C14H23N3O. The summed E-state index contributed by atoms with van der Waals surface area (Å²) in [4.78, 5) is 4.64. The van der Waals surface area contributed by atoms with Crippen LogP contribution in [0.4, 0.5) is 0 Å². The molecule has 4 heteroatoms. The van der Waals surface area contributed by atoms with Gasteiger partial charge in [0.2, 0.25) is 5.89 Å². The van der Waals surface area contributed by atoms with Crippen LogP contribution in [0.25, 0.3) is 0 Å². The fraction of sp³-hybridized carbons (Fsp3) is 0.857. The van der Waals surface area contributed by atoms with Gasteiger partial charge in [0, 0.05) is 5.92 Å². The Hall–Kier alpha value is -0.900. The third kappa shape index (κ3) is 2.44. The average Bonchev–Trinajstić information content (AvgIpc) is 3.08. The maximum absolute atomic E-state index is 5.46. The number of rotatable bonds is 3. The third-order valence-corrected chi connectivity index (χ3v) is 4.55. The minimum Gasteiger partial charge on any atom is -0.338 e. The van der Waals surface area contributed by atoms with Crippen molar-refractivity contribution in [1.29, 1.82) is 0 Å². The molecule has 1 N–H and O–H groups in total. The zero-order valence-electron chi connectivity index (χ0n) is 11.2. The first kappa shape index (κ1) is 12.2. The summed E-state index contributed by atoms with van der Waals surface area (Å²) in [7, 11) is 0. The molecule has 0 aromatic carbocycles. The van der Waals surface area contributed by atoms with Gasteiger partial charge >= 0.3 is 0 Å². The first-order chi connectivity index (χ1) is 8.86. The number of piperidine rings is 1. The van der Waals surface area contributed by atoms with E-state index in [9.17, 15) is 0 Å². The second-order valence-electron chi connectivity index (χ2n) is 5.78. The van der Waals surface area contributed by atoms with Crippen molar-refractivity contribution in [1.82, 2.24) is 15.5 Å².